The van der Waals surface area contributed by atoms with Gasteiger partial charge in [0.25, 0.3) is 5.91 Å². The Morgan fingerprint density at radius 1 is 1.11 bits per heavy atom. The zero-order valence-electron chi connectivity index (χ0n) is 19.4. The molecule has 36 heavy (non-hydrogen) atoms. The maximum atomic E-state index is 12.8. The maximum absolute atomic E-state index is 12.8. The molecule has 2 N–H and O–H groups in total. The summed E-state index contributed by atoms with van der Waals surface area (Å²) in [5.41, 5.74) is 1.30. The summed E-state index contributed by atoms with van der Waals surface area (Å²) in [6.45, 7) is 2.85. The van der Waals surface area contributed by atoms with E-state index in [4.69, 9.17) is 44.3 Å². The van der Waals surface area contributed by atoms with Gasteiger partial charge in [-0.25, -0.2) is 4.79 Å². The highest BCUT2D eigenvalue weighted by atomic mass is 35.5. The smallest absolute Gasteiger partial charge is 0.328 e. The molecule has 1 atom stereocenters. The van der Waals surface area contributed by atoms with Crippen molar-refractivity contribution < 1.29 is 23.9 Å². The third-order valence-electron chi connectivity index (χ3n) is 6.30. The molecule has 1 aliphatic carbocycles. The van der Waals surface area contributed by atoms with E-state index in [9.17, 15) is 14.4 Å². The van der Waals surface area contributed by atoms with Crippen molar-refractivity contribution in [3.63, 3.8) is 0 Å². The number of allylic oxidation sites excluding steroid dienone is 2. The minimum Gasteiger partial charge on any atom is -0.464 e. The number of ether oxygens (including phenoxy) is 2. The van der Waals surface area contributed by atoms with Gasteiger partial charge in [-0.1, -0.05) is 46.9 Å². The summed E-state index contributed by atoms with van der Waals surface area (Å²) < 4.78 is 10.7. The number of halogens is 3. The molecule has 1 aliphatic heterocycles. The van der Waals surface area contributed by atoms with Crippen molar-refractivity contribution in [1.82, 2.24) is 10.3 Å². The third kappa shape index (κ3) is 5.22. The van der Waals surface area contributed by atoms with Crippen LogP contribution in [-0.2, 0) is 25.5 Å². The van der Waals surface area contributed by atoms with Crippen LogP contribution in [0.4, 0.5) is 5.69 Å². The predicted octanol–water partition coefficient (Wildman–Crippen LogP) is 4.53. The average molecular weight is 553 g/mol. The summed E-state index contributed by atoms with van der Waals surface area (Å²) in [5, 5.41) is 6.36. The van der Waals surface area contributed by atoms with Gasteiger partial charge in [-0.2, -0.15) is 0 Å². The second kappa shape index (κ2) is 11.2. The molecule has 2 aliphatic rings. The number of carbonyl (C=O) groups excluding carboxylic acids is 3. The Kier molecular flexibility index (Phi) is 8.20. The molecule has 1 amide bonds. The number of aromatic nitrogens is 1. The fourth-order valence-electron chi connectivity index (χ4n) is 4.38. The molecule has 1 saturated heterocycles. The number of carbonyl (C=O) groups is 3. The molecule has 4 rings (SSSR count). The van der Waals surface area contributed by atoms with E-state index in [1.165, 1.54) is 12.4 Å². The first-order chi connectivity index (χ1) is 17.3. The standard InChI is InChI=1S/C25H24Cl3N3O5/c1-2-36-24(34)18(31-21-20(28)22(32)25(21)7-9-35-10-8-25)11-14-3-5-15(6-4-14)30-23(33)19-16(26)12-29-13-17(19)27/h3-6,12-13,18,31H,2,7-11H2,1H3,(H,30,33)/t18-/m0/s1. The van der Waals surface area contributed by atoms with E-state index in [1.54, 1.807) is 31.2 Å². The number of anilines is 1. The van der Waals surface area contributed by atoms with E-state index in [2.05, 4.69) is 15.6 Å². The van der Waals surface area contributed by atoms with Crippen LogP contribution in [0.15, 0.2) is 47.4 Å². The quantitative estimate of drug-likeness (QED) is 0.463. The number of nitrogens with zero attached hydrogens (tertiary/aromatic N) is 1. The van der Waals surface area contributed by atoms with Crippen LogP contribution >= 0.6 is 34.8 Å². The van der Waals surface area contributed by atoms with Crippen molar-refractivity contribution in [3.05, 3.63) is 68.6 Å². The molecule has 1 aromatic carbocycles. The van der Waals surface area contributed by atoms with Gasteiger partial charge < -0.3 is 20.1 Å². The van der Waals surface area contributed by atoms with E-state index < -0.39 is 23.3 Å². The van der Waals surface area contributed by atoms with Crippen molar-refractivity contribution in [2.24, 2.45) is 5.41 Å². The number of amides is 1. The lowest BCUT2D eigenvalue weighted by Gasteiger charge is -2.45. The topological polar surface area (TPSA) is 107 Å². The SMILES string of the molecule is CCOC(=O)[C@H](Cc1ccc(NC(=O)c2c(Cl)cncc2Cl)cc1)NC1=C(Cl)C(=O)C12CCOCC2. The summed E-state index contributed by atoms with van der Waals surface area (Å²) in [7, 11) is 0. The van der Waals surface area contributed by atoms with Crippen LogP contribution in [-0.4, -0.2) is 48.5 Å². The predicted molar refractivity (Wildman–Crippen MR) is 136 cm³/mol. The number of benzene rings is 1. The highest BCUT2D eigenvalue weighted by molar-refractivity contribution is 6.47. The lowest BCUT2D eigenvalue weighted by atomic mass is 9.65. The van der Waals surface area contributed by atoms with E-state index in [-0.39, 0.29) is 39.5 Å². The summed E-state index contributed by atoms with van der Waals surface area (Å²) >= 11 is 18.4. The van der Waals surface area contributed by atoms with Crippen LogP contribution in [0.25, 0.3) is 0 Å². The van der Waals surface area contributed by atoms with Crippen molar-refractivity contribution in [2.75, 3.05) is 25.1 Å². The molecule has 11 heteroatoms. The molecule has 2 heterocycles. The minimum atomic E-state index is -0.753. The molecule has 0 bridgehead atoms. The molecule has 190 valence electrons. The van der Waals surface area contributed by atoms with Gasteiger partial charge in [0.2, 0.25) is 0 Å². The third-order valence-corrected chi connectivity index (χ3v) is 7.23. The molecule has 2 aromatic rings. The zero-order valence-corrected chi connectivity index (χ0v) is 21.7. The molecular weight excluding hydrogens is 529 g/mol. The largest absolute Gasteiger partial charge is 0.464 e. The fourth-order valence-corrected chi connectivity index (χ4v) is 5.33. The maximum Gasteiger partial charge on any atom is 0.328 e. The lowest BCUT2D eigenvalue weighted by Crippen LogP contribution is -2.55. The van der Waals surface area contributed by atoms with Crippen LogP contribution in [0.5, 0.6) is 0 Å². The molecule has 1 aromatic heterocycles. The molecule has 1 spiro atoms. The van der Waals surface area contributed by atoms with Gasteiger partial charge in [-0.05, 0) is 37.5 Å². The Hall–Kier alpha value is -2.65. The monoisotopic (exact) mass is 551 g/mol. The van der Waals surface area contributed by atoms with E-state index >= 15 is 0 Å². The normalized spacial score (nSPS) is 17.4. The van der Waals surface area contributed by atoms with E-state index in [1.807, 2.05) is 0 Å². The first-order valence-corrected chi connectivity index (χ1v) is 12.6. The van der Waals surface area contributed by atoms with Crippen LogP contribution < -0.4 is 10.6 Å². The molecule has 8 nitrogen and oxygen atoms in total. The number of ketones is 1. The lowest BCUT2D eigenvalue weighted by molar-refractivity contribution is -0.146. The summed E-state index contributed by atoms with van der Waals surface area (Å²) in [6, 6.07) is 6.22. The van der Waals surface area contributed by atoms with Gasteiger partial charge in [-0.3, -0.25) is 14.6 Å². The number of esters is 1. The zero-order chi connectivity index (χ0) is 25.9. The van der Waals surface area contributed by atoms with Gasteiger partial charge in [0.1, 0.15) is 11.1 Å². The summed E-state index contributed by atoms with van der Waals surface area (Å²) in [5.74, 6) is -1.04. The Balaban J connectivity index is 1.48. The van der Waals surface area contributed by atoms with Crippen molar-refractivity contribution in [2.45, 2.75) is 32.2 Å². The first kappa shape index (κ1) is 26.4. The molecule has 1 fully saturated rings. The van der Waals surface area contributed by atoms with Crippen LogP contribution in [0.1, 0.15) is 35.7 Å². The Bertz CT molecular complexity index is 1190. The first-order valence-electron chi connectivity index (χ1n) is 11.4. The van der Waals surface area contributed by atoms with Crippen LogP contribution in [0.3, 0.4) is 0 Å². The van der Waals surface area contributed by atoms with Crippen molar-refractivity contribution in [1.29, 1.82) is 0 Å². The van der Waals surface area contributed by atoms with Gasteiger partial charge in [-0.15, -0.1) is 0 Å². The highest BCUT2D eigenvalue weighted by Gasteiger charge is 2.54. The van der Waals surface area contributed by atoms with Gasteiger partial charge in [0.05, 0.1) is 27.6 Å². The van der Waals surface area contributed by atoms with Gasteiger partial charge in [0, 0.05) is 43.4 Å². The minimum absolute atomic E-state index is 0.118. The number of pyridine rings is 1. The number of hydrogen-bond acceptors (Lipinski definition) is 7. The molecular formula is C25H24Cl3N3O5. The van der Waals surface area contributed by atoms with Crippen molar-refractivity contribution in [3.8, 4) is 0 Å². The van der Waals surface area contributed by atoms with E-state index in [0.29, 0.717) is 37.4 Å². The number of hydrogen-bond donors (Lipinski definition) is 2. The van der Waals surface area contributed by atoms with Crippen LogP contribution in [0, 0.1) is 5.41 Å². The Labute approximate surface area is 223 Å². The number of rotatable bonds is 8. The van der Waals surface area contributed by atoms with Gasteiger partial charge >= 0.3 is 5.97 Å². The average Bonchev–Trinajstić information content (AvgIpc) is 2.87. The van der Waals surface area contributed by atoms with Crippen LogP contribution in [0.2, 0.25) is 10.0 Å². The Morgan fingerprint density at radius 2 is 1.75 bits per heavy atom. The summed E-state index contributed by atoms with van der Waals surface area (Å²) in [6.07, 6.45) is 3.99. The number of Topliss-reactive ketones (excluding diaryl/α,β-unsaturated/α-hetero) is 1. The number of nitrogens with one attached hydrogen (secondary N) is 2. The van der Waals surface area contributed by atoms with Crippen molar-refractivity contribution >= 4 is 58.1 Å². The molecule has 0 unspecified atom stereocenters. The second-order valence-corrected chi connectivity index (χ2v) is 9.69. The Morgan fingerprint density at radius 3 is 2.36 bits per heavy atom. The fraction of sp³-hybridized carbons (Fsp3) is 0.360. The van der Waals surface area contributed by atoms with E-state index in [0.717, 1.165) is 5.56 Å². The second-order valence-electron chi connectivity index (χ2n) is 8.49. The highest BCUT2D eigenvalue weighted by Crippen LogP contribution is 2.50. The van der Waals surface area contributed by atoms with Gasteiger partial charge in [0.15, 0.2) is 5.78 Å². The molecule has 0 radical (unpaired) electrons. The summed E-state index contributed by atoms with van der Waals surface area (Å²) in [4.78, 5) is 41.8. The molecule has 0 saturated carbocycles.